The van der Waals surface area contributed by atoms with Crippen LogP contribution < -0.4 is 5.73 Å². The van der Waals surface area contributed by atoms with Gasteiger partial charge in [-0.05, 0) is 63.8 Å². The first kappa shape index (κ1) is 19.6. The lowest BCUT2D eigenvalue weighted by Crippen LogP contribution is -2.47. The molecule has 1 amide bonds. The summed E-state index contributed by atoms with van der Waals surface area (Å²) in [7, 11) is 1.60. The number of thiophene rings is 1. The van der Waals surface area contributed by atoms with Crippen LogP contribution in [0.25, 0.3) is 21.2 Å². The number of nitrogens with zero attached hydrogens (tertiary/aromatic N) is 3. The van der Waals surface area contributed by atoms with Gasteiger partial charge >= 0.3 is 0 Å². The molecule has 146 valence electrons. The van der Waals surface area contributed by atoms with E-state index in [1.165, 1.54) is 11.0 Å². The normalized spacial score (nSPS) is 19.3. The van der Waals surface area contributed by atoms with Gasteiger partial charge in [0.2, 0.25) is 5.91 Å². The molecule has 1 aromatic heterocycles. The summed E-state index contributed by atoms with van der Waals surface area (Å²) in [5, 5.41) is 12.2. The summed E-state index contributed by atoms with van der Waals surface area (Å²) >= 11 is 5.13. The smallest absolute Gasteiger partial charge is 0.231 e. The Morgan fingerprint density at radius 1 is 1.38 bits per heavy atom. The molecule has 0 fully saturated rings. The van der Waals surface area contributed by atoms with Crippen LogP contribution in [0.15, 0.2) is 45.2 Å². The highest BCUT2D eigenvalue weighted by atomic mass is 79.9. The molecule has 2 aromatic carbocycles. The second kappa shape index (κ2) is 6.94. The van der Waals surface area contributed by atoms with Crippen molar-refractivity contribution in [2.45, 2.75) is 18.9 Å². The van der Waals surface area contributed by atoms with Crippen molar-refractivity contribution in [2.24, 2.45) is 10.7 Å². The summed E-state index contributed by atoms with van der Waals surface area (Å²) in [6, 6.07) is 10.3. The molecular weight excluding hydrogens is 455 g/mol. The monoisotopic (exact) mass is 470 g/mol. The highest BCUT2D eigenvalue weighted by Gasteiger charge is 2.36. The fourth-order valence-electron chi connectivity index (χ4n) is 3.49. The van der Waals surface area contributed by atoms with Gasteiger partial charge in [0.15, 0.2) is 5.96 Å². The third kappa shape index (κ3) is 3.20. The molecule has 3 aromatic rings. The Balaban J connectivity index is 1.98. The van der Waals surface area contributed by atoms with Crippen LogP contribution in [0.3, 0.4) is 0 Å². The van der Waals surface area contributed by atoms with E-state index < -0.39 is 11.4 Å². The second-order valence-electron chi connectivity index (χ2n) is 7.16. The fraction of sp³-hybridized carbons (Fsp3) is 0.190. The molecule has 0 unspecified atom stereocenters. The number of halogens is 2. The van der Waals surface area contributed by atoms with Crippen LogP contribution in [0.4, 0.5) is 4.39 Å². The van der Waals surface area contributed by atoms with Crippen molar-refractivity contribution in [1.29, 1.82) is 5.26 Å². The van der Waals surface area contributed by atoms with Crippen LogP contribution in [-0.2, 0) is 10.3 Å². The highest BCUT2D eigenvalue weighted by Crippen LogP contribution is 2.43. The van der Waals surface area contributed by atoms with Crippen molar-refractivity contribution in [3.8, 4) is 17.2 Å². The zero-order valence-electron chi connectivity index (χ0n) is 15.7. The van der Waals surface area contributed by atoms with Crippen LogP contribution >= 0.6 is 27.3 Å². The number of amides is 1. The average Bonchev–Trinajstić information content (AvgIpc) is 3.07. The van der Waals surface area contributed by atoms with Gasteiger partial charge in [0, 0.05) is 27.0 Å². The predicted octanol–water partition coefficient (Wildman–Crippen LogP) is 4.73. The Morgan fingerprint density at radius 2 is 2.14 bits per heavy atom. The molecule has 0 aliphatic carbocycles. The summed E-state index contributed by atoms with van der Waals surface area (Å²) < 4.78 is 15.8. The lowest BCUT2D eigenvalue weighted by Gasteiger charge is -2.34. The van der Waals surface area contributed by atoms with Gasteiger partial charge in [-0.1, -0.05) is 6.07 Å². The number of fused-ring (bicyclic) bond motifs is 1. The lowest BCUT2D eigenvalue weighted by atomic mass is 9.85. The van der Waals surface area contributed by atoms with Gasteiger partial charge in [-0.15, -0.1) is 11.3 Å². The van der Waals surface area contributed by atoms with Crippen molar-refractivity contribution in [2.75, 3.05) is 7.05 Å². The number of aliphatic imine (C=N–C) groups is 1. The Labute approximate surface area is 179 Å². The number of benzene rings is 2. The molecule has 2 heterocycles. The Hall–Kier alpha value is -2.76. The van der Waals surface area contributed by atoms with Gasteiger partial charge in [-0.3, -0.25) is 9.69 Å². The third-order valence-electron chi connectivity index (χ3n) is 5.22. The third-order valence-corrected chi connectivity index (χ3v) is 7.21. The van der Waals surface area contributed by atoms with E-state index >= 15 is 0 Å². The number of carbonyl (C=O) groups excluding carboxylic acids is 1. The maximum absolute atomic E-state index is 13.9. The maximum atomic E-state index is 13.9. The summed E-state index contributed by atoms with van der Waals surface area (Å²) in [6.07, 6.45) is 0.184. The van der Waals surface area contributed by atoms with Crippen LogP contribution in [0.5, 0.6) is 0 Å². The van der Waals surface area contributed by atoms with E-state index in [1.54, 1.807) is 30.5 Å². The molecule has 2 N–H and O–H groups in total. The molecule has 5 nitrogen and oxygen atoms in total. The van der Waals surface area contributed by atoms with E-state index in [4.69, 9.17) is 5.73 Å². The minimum Gasteiger partial charge on any atom is -0.369 e. The van der Waals surface area contributed by atoms with Crippen LogP contribution in [-0.4, -0.2) is 23.8 Å². The maximum Gasteiger partial charge on any atom is 0.231 e. The Morgan fingerprint density at radius 3 is 2.83 bits per heavy atom. The zero-order chi connectivity index (χ0) is 20.9. The van der Waals surface area contributed by atoms with E-state index in [0.29, 0.717) is 0 Å². The van der Waals surface area contributed by atoms with Crippen molar-refractivity contribution in [3.05, 3.63) is 57.1 Å². The van der Waals surface area contributed by atoms with Gasteiger partial charge in [0.25, 0.3) is 0 Å². The largest absolute Gasteiger partial charge is 0.369 e. The van der Waals surface area contributed by atoms with E-state index in [-0.39, 0.29) is 23.9 Å². The Bertz CT molecular complexity index is 1250. The minimum absolute atomic E-state index is 0.0142. The zero-order valence-corrected chi connectivity index (χ0v) is 18.1. The van der Waals surface area contributed by atoms with Gasteiger partial charge in [-0.25, -0.2) is 9.38 Å². The lowest BCUT2D eigenvalue weighted by molar-refractivity contribution is -0.128. The van der Waals surface area contributed by atoms with Crippen LogP contribution in [0.1, 0.15) is 24.5 Å². The van der Waals surface area contributed by atoms with Crippen molar-refractivity contribution >= 4 is 49.2 Å². The number of nitriles is 1. The Kier molecular flexibility index (Phi) is 4.68. The molecule has 0 radical (unpaired) electrons. The number of guanidine groups is 1. The van der Waals surface area contributed by atoms with Gasteiger partial charge in [-0.2, -0.15) is 5.26 Å². The minimum atomic E-state index is -0.823. The first-order valence-electron chi connectivity index (χ1n) is 8.76. The summed E-state index contributed by atoms with van der Waals surface area (Å²) in [5.41, 5.74) is 7.54. The summed E-state index contributed by atoms with van der Waals surface area (Å²) in [4.78, 5) is 18.4. The highest BCUT2D eigenvalue weighted by molar-refractivity contribution is 9.10. The quantitative estimate of drug-likeness (QED) is 0.587. The van der Waals surface area contributed by atoms with Crippen LogP contribution in [0.2, 0.25) is 0 Å². The molecule has 1 aliphatic rings. The average molecular weight is 471 g/mol. The molecule has 1 atom stereocenters. The number of hydrogen-bond donors (Lipinski definition) is 1. The topological polar surface area (TPSA) is 82.5 Å². The number of carbonyl (C=O) groups is 1. The molecule has 0 bridgehead atoms. The second-order valence-corrected chi connectivity index (χ2v) is 8.90. The molecule has 8 heteroatoms. The molecular formula is C21H16BrFN4OS. The molecule has 0 saturated heterocycles. The van der Waals surface area contributed by atoms with E-state index in [2.05, 4.69) is 20.9 Å². The van der Waals surface area contributed by atoms with E-state index in [0.717, 1.165) is 31.2 Å². The number of nitrogens with two attached hydrogens (primary N) is 1. The molecule has 4 rings (SSSR count). The van der Waals surface area contributed by atoms with Crippen molar-refractivity contribution < 1.29 is 9.18 Å². The summed E-state index contributed by atoms with van der Waals surface area (Å²) in [6.45, 7) is 1.88. The van der Waals surface area contributed by atoms with Gasteiger partial charge in [0.05, 0.1) is 17.5 Å². The molecule has 1 aliphatic heterocycles. The standard InChI is InChI=1S/C21H16BrFN4OS/c1-21(8-18(28)27(2)20(25)26-21)13-6-14(19-15(7-13)16(22)10-29-19)11-3-4-17(23)12(5-11)9-24/h3-7,10H,8H2,1-2H3,(H2,25,26)/t21-/m0/s1. The van der Waals surface area contributed by atoms with Crippen molar-refractivity contribution in [1.82, 2.24) is 4.90 Å². The van der Waals surface area contributed by atoms with Crippen molar-refractivity contribution in [3.63, 3.8) is 0 Å². The van der Waals surface area contributed by atoms with E-state index in [1.807, 2.05) is 30.5 Å². The number of rotatable bonds is 2. The molecule has 0 saturated carbocycles. The summed E-state index contributed by atoms with van der Waals surface area (Å²) in [5.74, 6) is -0.496. The SMILES string of the molecule is CN1C(=O)C[C@@](C)(c2cc(-c3ccc(F)c(C#N)c3)c3scc(Br)c3c2)N=C1N. The first-order valence-corrected chi connectivity index (χ1v) is 10.4. The predicted molar refractivity (Wildman–Crippen MR) is 116 cm³/mol. The van der Waals surface area contributed by atoms with E-state index in [9.17, 15) is 14.4 Å². The molecule has 0 spiro atoms. The first-order chi connectivity index (χ1) is 13.7. The van der Waals surface area contributed by atoms with Crippen LogP contribution in [0, 0.1) is 17.1 Å². The number of hydrogen-bond acceptors (Lipinski definition) is 5. The fourth-order valence-corrected chi connectivity index (χ4v) is 5.16. The van der Waals surface area contributed by atoms with Gasteiger partial charge < -0.3 is 5.73 Å². The van der Waals surface area contributed by atoms with Gasteiger partial charge in [0.1, 0.15) is 11.9 Å². The molecule has 29 heavy (non-hydrogen) atoms.